The number of rotatable bonds is 16. The first-order valence-electron chi connectivity index (χ1n) is 18.3. The van der Waals surface area contributed by atoms with Gasteiger partial charge in [0.15, 0.2) is 11.0 Å². The van der Waals surface area contributed by atoms with E-state index in [0.29, 0.717) is 35.3 Å². The van der Waals surface area contributed by atoms with E-state index in [-0.39, 0.29) is 47.8 Å². The zero-order chi connectivity index (χ0) is 38.8. The number of carbonyl (C=O) groups excluding carboxylic acids is 3. The van der Waals surface area contributed by atoms with Gasteiger partial charge in [-0.25, -0.2) is 4.79 Å². The van der Waals surface area contributed by atoms with E-state index in [9.17, 15) is 14.4 Å². The van der Waals surface area contributed by atoms with Gasteiger partial charge in [0, 0.05) is 28.8 Å². The van der Waals surface area contributed by atoms with E-state index < -0.39 is 10.9 Å². The molecule has 0 aromatic heterocycles. The number of ketones is 1. The van der Waals surface area contributed by atoms with E-state index in [1.165, 1.54) is 22.2 Å². The SMILES string of the molecule is CCCC(CC(=O)c1ccc(C#N)cc1)C1=CC(c2ccc(NC(=O)/N=C3\SCC(=O)N3c3cc(C)ccc3COCC(Cl)Cl)c(CC)c2)=NC1CCC. The van der Waals surface area contributed by atoms with Gasteiger partial charge in [-0.15, -0.1) is 23.2 Å². The molecule has 3 aromatic rings. The lowest BCUT2D eigenvalue weighted by Gasteiger charge is -2.22. The number of Topliss-reactive ketones (excluding diaryl/α,β-unsaturated/α-hetero) is 1. The summed E-state index contributed by atoms with van der Waals surface area (Å²) in [4.78, 5) is 50.2. The fourth-order valence-corrected chi connectivity index (χ4v) is 7.77. The van der Waals surface area contributed by atoms with Crippen LogP contribution in [0.3, 0.4) is 0 Å². The van der Waals surface area contributed by atoms with E-state index >= 15 is 0 Å². The zero-order valence-corrected chi connectivity index (χ0v) is 33.4. The number of thioether (sulfide) groups is 1. The molecular formula is C42H45Cl2N5O4S. The molecule has 12 heteroatoms. The van der Waals surface area contributed by atoms with E-state index in [2.05, 4.69) is 36.3 Å². The summed E-state index contributed by atoms with van der Waals surface area (Å²) in [7, 11) is 0. The molecule has 1 saturated heterocycles. The lowest BCUT2D eigenvalue weighted by molar-refractivity contribution is -0.115. The third kappa shape index (κ3) is 10.3. The molecule has 3 amide bonds. The van der Waals surface area contributed by atoms with Gasteiger partial charge in [-0.05, 0) is 85.2 Å². The Morgan fingerprint density at radius 3 is 2.54 bits per heavy atom. The van der Waals surface area contributed by atoms with Crippen LogP contribution in [0.4, 0.5) is 16.2 Å². The summed E-state index contributed by atoms with van der Waals surface area (Å²) in [5, 5.41) is 12.4. The number of anilines is 2. The normalized spacial score (nSPS) is 16.8. The predicted octanol–water partition coefficient (Wildman–Crippen LogP) is 10.0. The Labute approximate surface area is 331 Å². The summed E-state index contributed by atoms with van der Waals surface area (Å²) in [6, 6.07) is 19.9. The van der Waals surface area contributed by atoms with Crippen LogP contribution in [0.1, 0.15) is 91.1 Å². The number of amidine groups is 1. The lowest BCUT2D eigenvalue weighted by Crippen LogP contribution is -2.31. The second-order valence-electron chi connectivity index (χ2n) is 13.4. The topological polar surface area (TPSA) is 124 Å². The Hall–Kier alpha value is -4.27. The first-order valence-corrected chi connectivity index (χ1v) is 20.2. The molecule has 0 saturated carbocycles. The van der Waals surface area contributed by atoms with Crippen LogP contribution in [0.2, 0.25) is 0 Å². The number of hydrogen-bond acceptors (Lipinski definition) is 7. The minimum absolute atomic E-state index is 0.0109. The smallest absolute Gasteiger partial charge is 0.347 e. The Kier molecular flexibility index (Phi) is 14.7. The molecule has 2 heterocycles. The van der Waals surface area contributed by atoms with Crippen molar-refractivity contribution >= 4 is 74.9 Å². The van der Waals surface area contributed by atoms with E-state index in [1.54, 1.807) is 24.3 Å². The highest BCUT2D eigenvalue weighted by Gasteiger charge is 2.33. The highest BCUT2D eigenvalue weighted by Crippen LogP contribution is 2.35. The molecule has 9 nitrogen and oxygen atoms in total. The third-order valence-electron chi connectivity index (χ3n) is 9.39. The molecule has 282 valence electrons. The average molecular weight is 787 g/mol. The number of aliphatic imine (C=N–C) groups is 2. The first-order chi connectivity index (χ1) is 26.0. The highest BCUT2D eigenvalue weighted by atomic mass is 35.5. The number of nitrogens with zero attached hydrogens (tertiary/aromatic N) is 4. The van der Waals surface area contributed by atoms with Crippen LogP contribution in [0.5, 0.6) is 0 Å². The molecule has 2 aliphatic rings. The highest BCUT2D eigenvalue weighted by molar-refractivity contribution is 8.15. The Morgan fingerprint density at radius 2 is 1.85 bits per heavy atom. The van der Waals surface area contributed by atoms with Crippen LogP contribution >= 0.6 is 35.0 Å². The van der Waals surface area contributed by atoms with Crippen LogP contribution in [0, 0.1) is 24.2 Å². The standard InChI is InChI=1S/C42H45Cl2N5O4S/c1-5-8-30(20-38(50)29-14-11-27(22-45)12-15-29)33-21-36(46-35(33)9-6-2)31-16-17-34(28(7-3)19-31)47-41(52)48-42-49(40(51)25-54-42)37-18-26(4)10-13-32(37)23-53-24-39(43)44/h10-19,21,30,35,39H,5-9,20,23-25H2,1-4H3,(H,47,52)/b48-42-. The van der Waals surface area contributed by atoms with Gasteiger partial charge >= 0.3 is 6.03 Å². The maximum atomic E-state index is 13.4. The zero-order valence-electron chi connectivity index (χ0n) is 31.0. The summed E-state index contributed by atoms with van der Waals surface area (Å²) in [6.07, 6.45) is 6.83. The molecule has 1 N–H and O–H groups in total. The molecule has 1 fully saturated rings. The molecule has 2 aliphatic heterocycles. The summed E-state index contributed by atoms with van der Waals surface area (Å²) in [5.41, 5.74) is 7.95. The fourth-order valence-electron chi connectivity index (χ4n) is 6.73. The Balaban J connectivity index is 1.35. The van der Waals surface area contributed by atoms with Gasteiger partial charge in [-0.1, -0.05) is 75.7 Å². The van der Waals surface area contributed by atoms with Gasteiger partial charge in [0.1, 0.15) is 4.84 Å². The molecule has 0 spiro atoms. The first kappa shape index (κ1) is 40.9. The lowest BCUT2D eigenvalue weighted by atomic mass is 9.83. The van der Waals surface area contributed by atoms with Crippen molar-refractivity contribution in [2.75, 3.05) is 22.6 Å². The number of nitriles is 1. The van der Waals surface area contributed by atoms with Crippen molar-refractivity contribution in [3.05, 3.63) is 106 Å². The molecule has 0 bridgehead atoms. The van der Waals surface area contributed by atoms with Crippen LogP contribution in [-0.2, 0) is 22.6 Å². The van der Waals surface area contributed by atoms with Gasteiger partial charge in [-0.2, -0.15) is 10.3 Å². The van der Waals surface area contributed by atoms with Crippen LogP contribution < -0.4 is 10.2 Å². The number of urea groups is 1. The Bertz CT molecular complexity index is 2000. The number of alkyl halides is 2. The fraction of sp³-hybridized carbons (Fsp3) is 0.381. The van der Waals surface area contributed by atoms with Crippen molar-refractivity contribution in [2.45, 2.75) is 83.7 Å². The summed E-state index contributed by atoms with van der Waals surface area (Å²) >= 11 is 12.9. The summed E-state index contributed by atoms with van der Waals surface area (Å²) < 4.78 is 5.65. The summed E-state index contributed by atoms with van der Waals surface area (Å²) in [6.45, 7) is 8.54. The maximum absolute atomic E-state index is 13.4. The number of allylic oxidation sites excluding steroid dienone is 1. The van der Waals surface area contributed by atoms with E-state index in [4.69, 9.17) is 38.2 Å². The molecule has 3 aromatic carbocycles. The molecule has 0 aliphatic carbocycles. The van der Waals surface area contributed by atoms with Crippen molar-refractivity contribution in [2.24, 2.45) is 15.9 Å². The van der Waals surface area contributed by atoms with Crippen molar-refractivity contribution in [1.82, 2.24) is 0 Å². The molecule has 2 unspecified atom stereocenters. The molecule has 5 rings (SSSR count). The van der Waals surface area contributed by atoms with Crippen LogP contribution in [-0.4, -0.2) is 51.8 Å². The molecule has 2 atom stereocenters. The van der Waals surface area contributed by atoms with Gasteiger partial charge in [-0.3, -0.25) is 19.5 Å². The second-order valence-corrected chi connectivity index (χ2v) is 15.6. The number of carbonyl (C=O) groups is 3. The van der Waals surface area contributed by atoms with Gasteiger partial charge in [0.05, 0.1) is 48.0 Å². The van der Waals surface area contributed by atoms with Gasteiger partial charge in [0.2, 0.25) is 5.91 Å². The predicted molar refractivity (Wildman–Crippen MR) is 220 cm³/mol. The maximum Gasteiger partial charge on any atom is 0.347 e. The molecule has 0 radical (unpaired) electrons. The number of aryl methyl sites for hydroxylation is 2. The quantitative estimate of drug-likeness (QED) is 0.114. The number of ether oxygens (including phenoxy) is 1. The number of benzene rings is 3. The Morgan fingerprint density at radius 1 is 1.07 bits per heavy atom. The number of hydrogen-bond donors (Lipinski definition) is 1. The minimum Gasteiger partial charge on any atom is -0.374 e. The molecule has 54 heavy (non-hydrogen) atoms. The third-order valence-corrected chi connectivity index (χ3v) is 10.6. The number of amides is 3. The van der Waals surface area contributed by atoms with Crippen LogP contribution in [0.25, 0.3) is 0 Å². The van der Waals surface area contributed by atoms with Crippen molar-refractivity contribution in [3.8, 4) is 6.07 Å². The van der Waals surface area contributed by atoms with E-state index in [1.807, 2.05) is 50.2 Å². The number of halogens is 2. The largest absolute Gasteiger partial charge is 0.374 e. The van der Waals surface area contributed by atoms with Crippen LogP contribution in [0.15, 0.2) is 82.3 Å². The number of nitrogens with one attached hydrogen (secondary N) is 1. The van der Waals surface area contributed by atoms with Crippen molar-refractivity contribution in [3.63, 3.8) is 0 Å². The summed E-state index contributed by atoms with van der Waals surface area (Å²) in [5.74, 6) is 0.0743. The van der Waals surface area contributed by atoms with Crippen molar-refractivity contribution < 1.29 is 19.1 Å². The molecular weight excluding hydrogens is 741 g/mol. The second kappa shape index (κ2) is 19.4. The minimum atomic E-state index is -0.675. The van der Waals surface area contributed by atoms with Gasteiger partial charge < -0.3 is 10.1 Å². The van der Waals surface area contributed by atoms with E-state index in [0.717, 1.165) is 53.6 Å². The monoisotopic (exact) mass is 785 g/mol. The van der Waals surface area contributed by atoms with Gasteiger partial charge in [0.25, 0.3) is 0 Å². The average Bonchev–Trinajstić information content (AvgIpc) is 3.74. The van der Waals surface area contributed by atoms with Crippen molar-refractivity contribution in [1.29, 1.82) is 5.26 Å².